The topological polar surface area (TPSA) is 49.8 Å². The van der Waals surface area contributed by atoms with Crippen LogP contribution in [-0.2, 0) is 9.53 Å². The first-order valence-electron chi connectivity index (χ1n) is 8.09. The summed E-state index contributed by atoms with van der Waals surface area (Å²) in [4.78, 5) is 14.0. The van der Waals surface area contributed by atoms with Crippen LogP contribution in [0.3, 0.4) is 0 Å². The zero-order valence-electron chi connectivity index (χ0n) is 12.9. The maximum absolute atomic E-state index is 11.7. The summed E-state index contributed by atoms with van der Waals surface area (Å²) in [5.74, 6) is 0.192. The van der Waals surface area contributed by atoms with Crippen LogP contribution in [-0.4, -0.2) is 48.8 Å². The molecule has 2 aliphatic rings. The van der Waals surface area contributed by atoms with Crippen LogP contribution >= 0.6 is 0 Å². The molecule has 0 bridgehead atoms. The molecule has 0 aromatic rings. The molecule has 2 rings (SSSR count). The number of hydrogen-bond donors (Lipinski definition) is 1. The Morgan fingerprint density at radius 1 is 1.35 bits per heavy atom. The highest BCUT2D eigenvalue weighted by molar-refractivity contribution is 5.75. The standard InChI is InChI=1S/C16H29NO3/c1-3-13-5-7-14(8-6-13)17(2)11-16(15(18)19)9-4-10-20-12-16/h13-14H,3-12H2,1-2H3,(H,18,19). The van der Waals surface area contributed by atoms with Crippen molar-refractivity contribution in [3.63, 3.8) is 0 Å². The fraction of sp³-hybridized carbons (Fsp3) is 0.938. The van der Waals surface area contributed by atoms with E-state index in [0.717, 1.165) is 18.8 Å². The molecule has 2 fully saturated rings. The second-order valence-electron chi connectivity index (χ2n) is 6.74. The van der Waals surface area contributed by atoms with Crippen LogP contribution in [0.4, 0.5) is 0 Å². The van der Waals surface area contributed by atoms with Crippen molar-refractivity contribution in [2.75, 3.05) is 26.8 Å². The molecular formula is C16H29NO3. The van der Waals surface area contributed by atoms with Gasteiger partial charge in [0, 0.05) is 19.2 Å². The van der Waals surface area contributed by atoms with Crippen LogP contribution in [0.25, 0.3) is 0 Å². The number of rotatable bonds is 5. The van der Waals surface area contributed by atoms with Crippen molar-refractivity contribution in [3.8, 4) is 0 Å². The van der Waals surface area contributed by atoms with Gasteiger partial charge in [-0.3, -0.25) is 4.79 Å². The predicted molar refractivity (Wildman–Crippen MR) is 78.8 cm³/mol. The van der Waals surface area contributed by atoms with Crippen LogP contribution in [0.5, 0.6) is 0 Å². The first-order valence-corrected chi connectivity index (χ1v) is 8.09. The lowest BCUT2D eigenvalue weighted by Crippen LogP contribution is -2.50. The van der Waals surface area contributed by atoms with E-state index >= 15 is 0 Å². The minimum atomic E-state index is -0.689. The fourth-order valence-electron chi connectivity index (χ4n) is 3.81. The van der Waals surface area contributed by atoms with Gasteiger partial charge in [-0.2, -0.15) is 0 Å². The Hall–Kier alpha value is -0.610. The molecule has 1 unspecified atom stereocenters. The molecule has 1 heterocycles. The molecule has 1 saturated carbocycles. The summed E-state index contributed by atoms with van der Waals surface area (Å²) < 4.78 is 5.46. The lowest BCUT2D eigenvalue weighted by atomic mass is 9.80. The lowest BCUT2D eigenvalue weighted by Gasteiger charge is -2.41. The van der Waals surface area contributed by atoms with Crippen molar-refractivity contribution in [1.82, 2.24) is 4.90 Å². The molecule has 4 nitrogen and oxygen atoms in total. The Balaban J connectivity index is 1.92. The molecule has 1 N–H and O–H groups in total. The Labute approximate surface area is 122 Å². The van der Waals surface area contributed by atoms with Gasteiger partial charge >= 0.3 is 5.97 Å². The third kappa shape index (κ3) is 3.53. The van der Waals surface area contributed by atoms with E-state index in [4.69, 9.17) is 4.74 Å². The molecule has 1 aliphatic heterocycles. The van der Waals surface area contributed by atoms with E-state index in [2.05, 4.69) is 18.9 Å². The van der Waals surface area contributed by atoms with Crippen LogP contribution in [0.15, 0.2) is 0 Å². The van der Waals surface area contributed by atoms with Crippen molar-refractivity contribution in [1.29, 1.82) is 0 Å². The Morgan fingerprint density at radius 3 is 2.55 bits per heavy atom. The number of ether oxygens (including phenoxy) is 1. The van der Waals surface area contributed by atoms with Gasteiger partial charge in [-0.1, -0.05) is 13.3 Å². The Bertz CT molecular complexity index is 318. The van der Waals surface area contributed by atoms with Gasteiger partial charge in [0.2, 0.25) is 0 Å². The summed E-state index contributed by atoms with van der Waals surface area (Å²) in [6.45, 7) is 3.98. The van der Waals surface area contributed by atoms with Gasteiger partial charge in [-0.05, 0) is 51.5 Å². The van der Waals surface area contributed by atoms with E-state index < -0.39 is 11.4 Å². The van der Waals surface area contributed by atoms with E-state index in [1.807, 2.05) is 0 Å². The SMILES string of the molecule is CCC1CCC(N(C)CC2(C(=O)O)CCCOC2)CC1. The largest absolute Gasteiger partial charge is 0.481 e. The van der Waals surface area contributed by atoms with Gasteiger partial charge < -0.3 is 14.7 Å². The van der Waals surface area contributed by atoms with E-state index in [9.17, 15) is 9.90 Å². The number of carbonyl (C=O) groups is 1. The quantitative estimate of drug-likeness (QED) is 0.843. The summed E-state index contributed by atoms with van der Waals surface area (Å²) in [6, 6.07) is 0.552. The molecule has 1 aliphatic carbocycles. The van der Waals surface area contributed by atoms with Crippen LogP contribution in [0.1, 0.15) is 51.9 Å². The summed E-state index contributed by atoms with van der Waals surface area (Å²) in [5, 5.41) is 9.61. The van der Waals surface area contributed by atoms with Crippen LogP contribution in [0, 0.1) is 11.3 Å². The molecule has 1 atom stereocenters. The highest BCUT2D eigenvalue weighted by Gasteiger charge is 2.42. The molecule has 0 aromatic heterocycles. The minimum absolute atomic E-state index is 0.372. The first-order chi connectivity index (χ1) is 9.57. The van der Waals surface area contributed by atoms with Crippen molar-refractivity contribution < 1.29 is 14.6 Å². The second-order valence-corrected chi connectivity index (χ2v) is 6.74. The summed E-state index contributed by atoms with van der Waals surface area (Å²) >= 11 is 0. The van der Waals surface area contributed by atoms with Crippen molar-refractivity contribution in [3.05, 3.63) is 0 Å². The number of carboxylic acid groups (broad SMARTS) is 1. The van der Waals surface area contributed by atoms with E-state index in [1.54, 1.807) is 0 Å². The van der Waals surface area contributed by atoms with Gasteiger partial charge in [0.1, 0.15) is 5.41 Å². The van der Waals surface area contributed by atoms with E-state index in [1.165, 1.54) is 32.1 Å². The molecule has 20 heavy (non-hydrogen) atoms. The number of aliphatic carboxylic acids is 1. The van der Waals surface area contributed by atoms with E-state index in [-0.39, 0.29) is 0 Å². The van der Waals surface area contributed by atoms with Crippen molar-refractivity contribution in [2.24, 2.45) is 11.3 Å². The van der Waals surface area contributed by atoms with Crippen molar-refractivity contribution in [2.45, 2.75) is 57.9 Å². The molecule has 1 saturated heterocycles. The second kappa shape index (κ2) is 6.90. The summed E-state index contributed by atoms with van der Waals surface area (Å²) in [5.41, 5.74) is -0.686. The van der Waals surface area contributed by atoms with Gasteiger partial charge in [-0.25, -0.2) is 0 Å². The van der Waals surface area contributed by atoms with Crippen LogP contribution in [0.2, 0.25) is 0 Å². The normalized spacial score (nSPS) is 35.1. The molecule has 116 valence electrons. The van der Waals surface area contributed by atoms with Gasteiger partial charge in [0.25, 0.3) is 0 Å². The molecule has 0 radical (unpaired) electrons. The third-order valence-electron chi connectivity index (χ3n) is 5.35. The number of nitrogens with zero attached hydrogens (tertiary/aromatic N) is 1. The first kappa shape index (κ1) is 15.8. The van der Waals surface area contributed by atoms with Gasteiger partial charge in [0.15, 0.2) is 0 Å². The third-order valence-corrected chi connectivity index (χ3v) is 5.35. The Morgan fingerprint density at radius 2 is 2.05 bits per heavy atom. The molecule has 0 amide bonds. The fourth-order valence-corrected chi connectivity index (χ4v) is 3.81. The number of hydrogen-bond acceptors (Lipinski definition) is 3. The molecule has 0 aromatic carbocycles. The minimum Gasteiger partial charge on any atom is -0.481 e. The van der Waals surface area contributed by atoms with Gasteiger partial charge in [-0.15, -0.1) is 0 Å². The lowest BCUT2D eigenvalue weighted by molar-refractivity contribution is -0.159. The zero-order chi connectivity index (χ0) is 14.6. The highest BCUT2D eigenvalue weighted by atomic mass is 16.5. The maximum Gasteiger partial charge on any atom is 0.313 e. The van der Waals surface area contributed by atoms with Gasteiger partial charge in [0.05, 0.1) is 6.61 Å². The highest BCUT2D eigenvalue weighted by Crippen LogP contribution is 2.34. The molecular weight excluding hydrogens is 254 g/mol. The summed E-state index contributed by atoms with van der Waals surface area (Å²) in [7, 11) is 2.09. The average Bonchev–Trinajstić information content (AvgIpc) is 2.48. The summed E-state index contributed by atoms with van der Waals surface area (Å²) in [6.07, 6.45) is 7.91. The van der Waals surface area contributed by atoms with Crippen LogP contribution < -0.4 is 0 Å². The Kier molecular flexibility index (Phi) is 5.44. The average molecular weight is 283 g/mol. The van der Waals surface area contributed by atoms with E-state index in [0.29, 0.717) is 25.8 Å². The smallest absolute Gasteiger partial charge is 0.313 e. The molecule has 0 spiro atoms. The monoisotopic (exact) mass is 283 g/mol. The maximum atomic E-state index is 11.7. The zero-order valence-corrected chi connectivity index (χ0v) is 12.9. The molecule has 4 heteroatoms. The predicted octanol–water partition coefficient (Wildman–Crippen LogP) is 2.77. The number of carboxylic acids is 1. The van der Waals surface area contributed by atoms with Crippen molar-refractivity contribution >= 4 is 5.97 Å².